The molecule has 2 N–H and O–H groups in total. The first kappa shape index (κ1) is 17.5. The summed E-state index contributed by atoms with van der Waals surface area (Å²) in [4.78, 5) is 0. The van der Waals surface area contributed by atoms with E-state index in [4.69, 9.17) is 4.42 Å². The number of hydrogen-bond acceptors (Lipinski definition) is 3. The van der Waals surface area contributed by atoms with Gasteiger partial charge in [-0.2, -0.15) is 0 Å². The molecular formula is C22H26O3Si. The molecule has 0 amide bonds. The van der Waals surface area contributed by atoms with E-state index in [0.29, 0.717) is 0 Å². The van der Waals surface area contributed by atoms with Crippen LogP contribution in [-0.2, 0) is 6.42 Å². The highest BCUT2D eigenvalue weighted by atomic mass is 28.3. The largest absolute Gasteiger partial charge is 0.464 e. The molecule has 1 aromatic carbocycles. The van der Waals surface area contributed by atoms with E-state index in [1.54, 1.807) is 6.26 Å². The zero-order chi connectivity index (χ0) is 18.5. The van der Waals surface area contributed by atoms with Crippen LogP contribution in [0.15, 0.2) is 57.9 Å². The van der Waals surface area contributed by atoms with E-state index >= 15 is 0 Å². The Morgan fingerprint density at radius 2 is 1.85 bits per heavy atom. The van der Waals surface area contributed by atoms with E-state index in [-0.39, 0.29) is 0 Å². The average molecular weight is 367 g/mol. The predicted molar refractivity (Wildman–Crippen MR) is 107 cm³/mol. The summed E-state index contributed by atoms with van der Waals surface area (Å²) in [5.41, 5.74) is 8.66. The van der Waals surface area contributed by atoms with Gasteiger partial charge in [-0.25, -0.2) is 0 Å². The topological polar surface area (TPSA) is 53.6 Å². The van der Waals surface area contributed by atoms with Crippen molar-refractivity contribution >= 4 is 13.6 Å². The summed E-state index contributed by atoms with van der Waals surface area (Å²) in [5, 5.41) is 21.6. The minimum atomic E-state index is -1.58. The standard InChI is InChI=1S/C22H26O3Si/c1-26(2,3)13-17-20-16(21(23)22(17)24)10-5-8-14-7-4-9-15(19(14)20)18-11-6-12-25-18/h4,6-7,9,11-13,21-24H,5,8,10H2,1-3H3/b17-13-/t21-,22+/m0/s1. The lowest BCUT2D eigenvalue weighted by Gasteiger charge is -2.20. The molecule has 0 aliphatic heterocycles. The molecule has 4 heteroatoms. The lowest BCUT2D eigenvalue weighted by Crippen LogP contribution is -2.26. The fourth-order valence-corrected chi connectivity index (χ4v) is 5.50. The molecule has 0 radical (unpaired) electrons. The van der Waals surface area contributed by atoms with Crippen molar-refractivity contribution in [3.8, 4) is 11.3 Å². The number of furan rings is 1. The van der Waals surface area contributed by atoms with E-state index in [1.165, 1.54) is 5.56 Å². The first-order valence-corrected chi connectivity index (χ1v) is 12.9. The third kappa shape index (κ3) is 2.92. The SMILES string of the molecule is C[Si](C)(C)/C=C1/C2=C(CCCc3cccc(-c4ccco4)c32)[C@H](O)[C@@H]1O. The van der Waals surface area contributed by atoms with Gasteiger partial charge in [-0.3, -0.25) is 0 Å². The highest BCUT2D eigenvalue weighted by Gasteiger charge is 2.40. The van der Waals surface area contributed by atoms with Gasteiger partial charge in [0.05, 0.1) is 14.3 Å². The van der Waals surface area contributed by atoms with Crippen LogP contribution in [0.3, 0.4) is 0 Å². The normalized spacial score (nSPS) is 24.6. The zero-order valence-electron chi connectivity index (χ0n) is 15.6. The van der Waals surface area contributed by atoms with Gasteiger partial charge in [0.25, 0.3) is 0 Å². The summed E-state index contributed by atoms with van der Waals surface area (Å²) in [6.45, 7) is 6.77. The van der Waals surface area contributed by atoms with Crippen molar-refractivity contribution in [1.29, 1.82) is 0 Å². The first-order valence-electron chi connectivity index (χ1n) is 9.35. The maximum Gasteiger partial charge on any atom is 0.134 e. The second-order valence-corrected chi connectivity index (χ2v) is 13.4. The molecule has 1 heterocycles. The predicted octanol–water partition coefficient (Wildman–Crippen LogP) is 4.58. The fraction of sp³-hybridized carbons (Fsp3) is 0.364. The van der Waals surface area contributed by atoms with Crippen LogP contribution in [0.5, 0.6) is 0 Å². The molecule has 0 bridgehead atoms. The van der Waals surface area contributed by atoms with E-state index in [2.05, 4.69) is 43.5 Å². The molecule has 0 fully saturated rings. The third-order valence-electron chi connectivity index (χ3n) is 5.25. The molecule has 26 heavy (non-hydrogen) atoms. The Bertz CT molecular complexity index is 885. The maximum absolute atomic E-state index is 10.8. The first-order chi connectivity index (χ1) is 12.4. The van der Waals surface area contributed by atoms with Crippen LogP contribution >= 0.6 is 0 Å². The van der Waals surface area contributed by atoms with Crippen molar-refractivity contribution in [2.75, 3.05) is 0 Å². The van der Waals surface area contributed by atoms with Crippen molar-refractivity contribution in [1.82, 2.24) is 0 Å². The van der Waals surface area contributed by atoms with Gasteiger partial charge in [-0.1, -0.05) is 43.5 Å². The molecule has 4 rings (SSSR count). The van der Waals surface area contributed by atoms with Gasteiger partial charge in [0.15, 0.2) is 0 Å². The number of aryl methyl sites for hydroxylation is 1. The van der Waals surface area contributed by atoms with E-state index in [1.807, 2.05) is 12.1 Å². The highest BCUT2D eigenvalue weighted by Crippen LogP contribution is 2.48. The number of rotatable bonds is 2. The van der Waals surface area contributed by atoms with Gasteiger partial charge in [0, 0.05) is 5.56 Å². The molecular weight excluding hydrogens is 340 g/mol. The van der Waals surface area contributed by atoms with Gasteiger partial charge in [-0.05, 0) is 59.2 Å². The molecule has 0 unspecified atom stereocenters. The van der Waals surface area contributed by atoms with Gasteiger partial charge in [-0.15, -0.1) is 0 Å². The Kier molecular flexibility index (Phi) is 4.30. The highest BCUT2D eigenvalue weighted by molar-refractivity contribution is 6.81. The van der Waals surface area contributed by atoms with Crippen LogP contribution < -0.4 is 0 Å². The fourth-order valence-electron chi connectivity index (χ4n) is 4.25. The van der Waals surface area contributed by atoms with Crippen molar-refractivity contribution in [3.05, 3.63) is 64.6 Å². The van der Waals surface area contributed by atoms with Crippen molar-refractivity contribution in [2.45, 2.75) is 51.1 Å². The van der Waals surface area contributed by atoms with Crippen LogP contribution in [0, 0.1) is 0 Å². The maximum atomic E-state index is 10.8. The van der Waals surface area contributed by atoms with Crippen molar-refractivity contribution < 1.29 is 14.6 Å². The smallest absolute Gasteiger partial charge is 0.134 e. The summed E-state index contributed by atoms with van der Waals surface area (Å²) < 4.78 is 5.71. The second-order valence-electron chi connectivity index (χ2n) is 8.43. The summed E-state index contributed by atoms with van der Waals surface area (Å²) in [7, 11) is -1.58. The monoisotopic (exact) mass is 366 g/mol. The van der Waals surface area contributed by atoms with Gasteiger partial charge < -0.3 is 14.6 Å². The molecule has 3 nitrogen and oxygen atoms in total. The van der Waals surface area contributed by atoms with E-state index in [0.717, 1.165) is 52.9 Å². The molecule has 2 aliphatic rings. The summed E-state index contributed by atoms with van der Waals surface area (Å²) in [6.07, 6.45) is 2.84. The summed E-state index contributed by atoms with van der Waals surface area (Å²) >= 11 is 0. The van der Waals surface area contributed by atoms with Crippen LogP contribution in [-0.4, -0.2) is 30.5 Å². The van der Waals surface area contributed by atoms with Gasteiger partial charge in [0.2, 0.25) is 0 Å². The van der Waals surface area contributed by atoms with Crippen molar-refractivity contribution in [3.63, 3.8) is 0 Å². The Morgan fingerprint density at radius 1 is 1.04 bits per heavy atom. The number of benzene rings is 1. The zero-order valence-corrected chi connectivity index (χ0v) is 16.6. The third-order valence-corrected chi connectivity index (χ3v) is 6.43. The second kappa shape index (κ2) is 6.37. The average Bonchev–Trinajstić information content (AvgIpc) is 3.12. The molecule has 2 aliphatic carbocycles. The Labute approximate surface area is 155 Å². The van der Waals surface area contributed by atoms with E-state index in [9.17, 15) is 10.2 Å². The minimum absolute atomic E-state index is 0.803. The Hall–Kier alpha value is -1.88. The van der Waals surface area contributed by atoms with E-state index < -0.39 is 20.3 Å². The summed E-state index contributed by atoms with van der Waals surface area (Å²) in [5.74, 6) is 0.832. The molecule has 136 valence electrons. The summed E-state index contributed by atoms with van der Waals surface area (Å²) in [6, 6.07) is 10.2. The molecule has 0 saturated heterocycles. The molecule has 0 spiro atoms. The number of aliphatic hydroxyl groups is 2. The molecule has 2 atom stereocenters. The molecule has 1 aromatic heterocycles. The van der Waals surface area contributed by atoms with Gasteiger partial charge in [0.1, 0.15) is 18.0 Å². The van der Waals surface area contributed by atoms with Crippen LogP contribution in [0.25, 0.3) is 16.9 Å². The lowest BCUT2D eigenvalue weighted by molar-refractivity contribution is 0.0741. The van der Waals surface area contributed by atoms with Crippen LogP contribution in [0.2, 0.25) is 19.6 Å². The van der Waals surface area contributed by atoms with Crippen LogP contribution in [0.4, 0.5) is 0 Å². The lowest BCUT2D eigenvalue weighted by atomic mass is 9.89. The molecule has 2 aromatic rings. The molecule has 0 saturated carbocycles. The number of fused-ring (bicyclic) bond motifs is 2. The number of hydrogen-bond donors (Lipinski definition) is 2. The number of aliphatic hydroxyl groups excluding tert-OH is 2. The Balaban J connectivity index is 2.01. The quantitative estimate of drug-likeness (QED) is 0.765. The van der Waals surface area contributed by atoms with Crippen molar-refractivity contribution in [2.24, 2.45) is 0 Å². The van der Waals surface area contributed by atoms with Gasteiger partial charge >= 0.3 is 0 Å². The van der Waals surface area contributed by atoms with Crippen LogP contribution in [0.1, 0.15) is 24.0 Å². The Morgan fingerprint density at radius 3 is 2.54 bits per heavy atom. The minimum Gasteiger partial charge on any atom is -0.464 e.